The van der Waals surface area contributed by atoms with Crippen LogP contribution < -0.4 is 17.0 Å². The van der Waals surface area contributed by atoms with Crippen LogP contribution >= 0.6 is 11.6 Å². The molecule has 0 spiro atoms. The topological polar surface area (TPSA) is 80.9 Å². The zero-order valence-corrected chi connectivity index (χ0v) is 10.5. The minimum atomic E-state index is -0.468. The fourth-order valence-electron chi connectivity index (χ4n) is 1.64. The lowest BCUT2D eigenvalue weighted by molar-refractivity contribution is 0.714. The molecule has 0 aliphatic carbocycles. The van der Waals surface area contributed by atoms with Crippen LogP contribution in [0.5, 0.6) is 0 Å². The standard InChI is InChI=1S/C12H12ClN3O2/c1-7-5-16(12(18)15-11(7)17)6-8-4-9(14)2-3-10(8)13/h2-5H,6,14H2,1H3,(H,15,17,18). The highest BCUT2D eigenvalue weighted by atomic mass is 35.5. The summed E-state index contributed by atoms with van der Waals surface area (Å²) in [7, 11) is 0. The molecule has 0 atom stereocenters. The molecule has 0 saturated carbocycles. The molecule has 0 aliphatic heterocycles. The monoisotopic (exact) mass is 265 g/mol. The number of anilines is 1. The number of nitrogens with zero attached hydrogens (tertiary/aromatic N) is 1. The minimum absolute atomic E-state index is 0.264. The summed E-state index contributed by atoms with van der Waals surface area (Å²) in [5.41, 5.74) is 6.59. The van der Waals surface area contributed by atoms with Gasteiger partial charge in [0.25, 0.3) is 5.56 Å². The van der Waals surface area contributed by atoms with Crippen molar-refractivity contribution < 1.29 is 0 Å². The molecule has 0 radical (unpaired) electrons. The van der Waals surface area contributed by atoms with E-state index in [1.807, 2.05) is 0 Å². The molecule has 1 heterocycles. The number of hydrogen-bond acceptors (Lipinski definition) is 3. The van der Waals surface area contributed by atoms with E-state index in [0.29, 0.717) is 16.3 Å². The van der Waals surface area contributed by atoms with Crippen LogP contribution in [-0.4, -0.2) is 9.55 Å². The van der Waals surface area contributed by atoms with Crippen molar-refractivity contribution in [2.24, 2.45) is 0 Å². The summed E-state index contributed by atoms with van der Waals surface area (Å²) in [6.07, 6.45) is 1.50. The van der Waals surface area contributed by atoms with Crippen LogP contribution in [0.3, 0.4) is 0 Å². The van der Waals surface area contributed by atoms with E-state index in [-0.39, 0.29) is 12.1 Å². The number of nitrogens with one attached hydrogen (secondary N) is 1. The van der Waals surface area contributed by atoms with E-state index in [4.69, 9.17) is 17.3 Å². The van der Waals surface area contributed by atoms with Crippen molar-refractivity contribution in [2.75, 3.05) is 5.73 Å². The Morgan fingerprint density at radius 2 is 2.11 bits per heavy atom. The normalized spacial score (nSPS) is 10.6. The molecule has 6 heteroatoms. The van der Waals surface area contributed by atoms with Crippen molar-refractivity contribution in [3.8, 4) is 0 Å². The molecule has 0 saturated heterocycles. The average Bonchev–Trinajstić information content (AvgIpc) is 2.30. The zero-order valence-electron chi connectivity index (χ0n) is 9.74. The molecular formula is C12H12ClN3O2. The molecule has 0 bridgehead atoms. The minimum Gasteiger partial charge on any atom is -0.399 e. The number of nitrogen functional groups attached to an aromatic ring is 1. The number of aryl methyl sites for hydroxylation is 1. The number of H-pyrrole nitrogens is 1. The first-order chi connectivity index (χ1) is 8.47. The van der Waals surface area contributed by atoms with Gasteiger partial charge in [-0.2, -0.15) is 0 Å². The number of aromatic nitrogens is 2. The smallest absolute Gasteiger partial charge is 0.328 e. The van der Waals surface area contributed by atoms with E-state index < -0.39 is 5.69 Å². The Balaban J connectivity index is 2.46. The summed E-state index contributed by atoms with van der Waals surface area (Å²) in [6, 6.07) is 5.07. The van der Waals surface area contributed by atoms with Crippen molar-refractivity contribution in [1.82, 2.24) is 9.55 Å². The maximum absolute atomic E-state index is 11.6. The third-order valence-corrected chi connectivity index (χ3v) is 2.97. The molecule has 0 fully saturated rings. The second-order valence-electron chi connectivity index (χ2n) is 4.05. The van der Waals surface area contributed by atoms with Crippen molar-refractivity contribution >= 4 is 17.3 Å². The summed E-state index contributed by atoms with van der Waals surface area (Å²) >= 11 is 6.03. The molecule has 3 N–H and O–H groups in total. The van der Waals surface area contributed by atoms with Gasteiger partial charge in [-0.25, -0.2) is 4.79 Å². The number of nitrogens with two attached hydrogens (primary N) is 1. The molecule has 18 heavy (non-hydrogen) atoms. The van der Waals surface area contributed by atoms with E-state index in [0.717, 1.165) is 5.56 Å². The van der Waals surface area contributed by atoms with Gasteiger partial charge >= 0.3 is 5.69 Å². The number of rotatable bonds is 2. The molecule has 2 rings (SSSR count). The molecule has 5 nitrogen and oxygen atoms in total. The van der Waals surface area contributed by atoms with Crippen LogP contribution in [0.25, 0.3) is 0 Å². The molecule has 0 aliphatic rings. The predicted molar refractivity (Wildman–Crippen MR) is 71.0 cm³/mol. The van der Waals surface area contributed by atoms with Crippen LogP contribution in [0.15, 0.2) is 34.0 Å². The van der Waals surface area contributed by atoms with E-state index in [2.05, 4.69) is 4.98 Å². The number of halogens is 1. The highest BCUT2D eigenvalue weighted by Gasteiger charge is 2.05. The maximum Gasteiger partial charge on any atom is 0.328 e. The van der Waals surface area contributed by atoms with Gasteiger partial charge in [0.05, 0.1) is 6.54 Å². The molecule has 94 valence electrons. The van der Waals surface area contributed by atoms with Crippen LogP contribution in [0.2, 0.25) is 5.02 Å². The number of benzene rings is 1. The highest BCUT2D eigenvalue weighted by molar-refractivity contribution is 6.31. The number of aromatic amines is 1. The van der Waals surface area contributed by atoms with Crippen molar-refractivity contribution in [3.63, 3.8) is 0 Å². The predicted octanol–water partition coefficient (Wildman–Crippen LogP) is 1.13. The van der Waals surface area contributed by atoms with E-state index >= 15 is 0 Å². The summed E-state index contributed by atoms with van der Waals surface area (Å²) in [5, 5.41) is 0.528. The second-order valence-corrected chi connectivity index (χ2v) is 4.46. The van der Waals surface area contributed by atoms with Gasteiger partial charge in [0.15, 0.2) is 0 Å². The van der Waals surface area contributed by atoms with Crippen LogP contribution in [0, 0.1) is 6.92 Å². The lowest BCUT2D eigenvalue weighted by Gasteiger charge is -2.08. The number of hydrogen-bond donors (Lipinski definition) is 2. The first kappa shape index (κ1) is 12.4. The third kappa shape index (κ3) is 2.46. The Hall–Kier alpha value is -2.01. The van der Waals surface area contributed by atoms with Gasteiger partial charge in [-0.1, -0.05) is 11.6 Å². The average molecular weight is 266 g/mol. The summed E-state index contributed by atoms with van der Waals surface area (Å²) in [5.74, 6) is 0. The Labute approximate surface area is 108 Å². The van der Waals surface area contributed by atoms with E-state index in [9.17, 15) is 9.59 Å². The van der Waals surface area contributed by atoms with E-state index in [1.54, 1.807) is 25.1 Å². The van der Waals surface area contributed by atoms with Gasteiger partial charge in [0.1, 0.15) is 0 Å². The fraction of sp³-hybridized carbons (Fsp3) is 0.167. The molecule has 1 aromatic carbocycles. The Kier molecular flexibility index (Phi) is 3.25. The lowest BCUT2D eigenvalue weighted by atomic mass is 10.2. The largest absolute Gasteiger partial charge is 0.399 e. The first-order valence-corrected chi connectivity index (χ1v) is 5.69. The van der Waals surface area contributed by atoms with Crippen LogP contribution in [-0.2, 0) is 6.54 Å². The van der Waals surface area contributed by atoms with E-state index in [1.165, 1.54) is 10.8 Å². The third-order valence-electron chi connectivity index (χ3n) is 2.60. The van der Waals surface area contributed by atoms with Crippen molar-refractivity contribution in [1.29, 1.82) is 0 Å². The Morgan fingerprint density at radius 3 is 2.83 bits per heavy atom. The van der Waals surface area contributed by atoms with Gasteiger partial charge in [-0.3, -0.25) is 14.3 Å². The zero-order chi connectivity index (χ0) is 13.3. The lowest BCUT2D eigenvalue weighted by Crippen LogP contribution is -2.31. The summed E-state index contributed by atoms with van der Waals surface area (Å²) < 4.78 is 1.39. The second kappa shape index (κ2) is 4.70. The van der Waals surface area contributed by atoms with Gasteiger partial charge < -0.3 is 5.73 Å². The van der Waals surface area contributed by atoms with Gasteiger partial charge in [0.2, 0.25) is 0 Å². The molecule has 2 aromatic rings. The first-order valence-electron chi connectivity index (χ1n) is 5.31. The van der Waals surface area contributed by atoms with Crippen molar-refractivity contribution in [2.45, 2.75) is 13.5 Å². The summed E-state index contributed by atoms with van der Waals surface area (Å²) in [6.45, 7) is 1.90. The van der Waals surface area contributed by atoms with Gasteiger partial charge in [-0.05, 0) is 30.7 Å². The molecule has 0 amide bonds. The Bertz CT molecular complexity index is 703. The van der Waals surface area contributed by atoms with Crippen LogP contribution in [0.4, 0.5) is 5.69 Å². The Morgan fingerprint density at radius 1 is 1.39 bits per heavy atom. The fourth-order valence-corrected chi connectivity index (χ4v) is 1.81. The highest BCUT2D eigenvalue weighted by Crippen LogP contribution is 2.19. The van der Waals surface area contributed by atoms with Gasteiger partial charge in [-0.15, -0.1) is 0 Å². The maximum atomic E-state index is 11.6. The van der Waals surface area contributed by atoms with Crippen LogP contribution in [0.1, 0.15) is 11.1 Å². The van der Waals surface area contributed by atoms with Gasteiger partial charge in [0, 0.05) is 22.5 Å². The SMILES string of the molecule is Cc1cn(Cc2cc(N)ccc2Cl)c(=O)[nH]c1=O. The molecule has 0 unspecified atom stereocenters. The van der Waals surface area contributed by atoms with Crippen molar-refractivity contribution in [3.05, 3.63) is 61.4 Å². The quantitative estimate of drug-likeness (QED) is 0.799. The molecular weight excluding hydrogens is 254 g/mol. The summed E-state index contributed by atoms with van der Waals surface area (Å²) in [4.78, 5) is 25.1. The molecule has 1 aromatic heterocycles.